The van der Waals surface area contributed by atoms with Crippen LogP contribution in [0, 0.1) is 0 Å². The minimum absolute atomic E-state index is 0.197. The molecule has 162 valence electrons. The molecule has 0 unspecified atom stereocenters. The van der Waals surface area contributed by atoms with Crippen molar-refractivity contribution in [3.05, 3.63) is 29.3 Å². The van der Waals surface area contributed by atoms with Crippen molar-refractivity contribution in [2.75, 3.05) is 18.5 Å². The van der Waals surface area contributed by atoms with E-state index in [-0.39, 0.29) is 18.4 Å². The number of aliphatic hydroxyl groups excluding tert-OH is 1. The molecule has 2 heterocycles. The van der Waals surface area contributed by atoms with Crippen LogP contribution in [0.3, 0.4) is 0 Å². The number of hydrogen-bond donors (Lipinski definition) is 3. The molecule has 2 aliphatic rings. The SMILES string of the molecule is Oc1cc(OC(F)(F)F)ccc1-c1nnc(N[C@@H]2CCOC[C@H]2O)c2c1CCCC2. The summed E-state index contributed by atoms with van der Waals surface area (Å²) in [5.41, 5.74) is 2.60. The summed E-state index contributed by atoms with van der Waals surface area (Å²) < 4.78 is 46.4. The number of rotatable bonds is 4. The van der Waals surface area contributed by atoms with E-state index in [1.54, 1.807) is 0 Å². The van der Waals surface area contributed by atoms with Crippen molar-refractivity contribution in [2.45, 2.75) is 50.6 Å². The fourth-order valence-corrected chi connectivity index (χ4v) is 3.96. The van der Waals surface area contributed by atoms with Crippen LogP contribution in [0.1, 0.15) is 30.4 Å². The van der Waals surface area contributed by atoms with Gasteiger partial charge in [-0.15, -0.1) is 23.4 Å². The average molecular weight is 425 g/mol. The zero-order valence-electron chi connectivity index (χ0n) is 16.1. The van der Waals surface area contributed by atoms with Crippen molar-refractivity contribution < 1.29 is 32.9 Å². The molecule has 1 saturated heterocycles. The lowest BCUT2D eigenvalue weighted by Gasteiger charge is -2.30. The first-order valence-corrected chi connectivity index (χ1v) is 9.82. The highest BCUT2D eigenvalue weighted by Gasteiger charge is 2.32. The van der Waals surface area contributed by atoms with Gasteiger partial charge in [-0.1, -0.05) is 0 Å². The highest BCUT2D eigenvalue weighted by Crippen LogP contribution is 2.39. The Morgan fingerprint density at radius 2 is 1.90 bits per heavy atom. The third-order valence-corrected chi connectivity index (χ3v) is 5.40. The van der Waals surface area contributed by atoms with Gasteiger partial charge in [0, 0.05) is 23.8 Å². The van der Waals surface area contributed by atoms with E-state index >= 15 is 0 Å². The smallest absolute Gasteiger partial charge is 0.507 e. The number of nitrogens with one attached hydrogen (secondary N) is 1. The molecule has 1 aliphatic heterocycles. The Hall–Kier alpha value is -2.59. The second kappa shape index (κ2) is 8.27. The van der Waals surface area contributed by atoms with Crippen molar-refractivity contribution >= 4 is 5.82 Å². The number of aliphatic hydroxyl groups is 1. The number of anilines is 1. The number of benzene rings is 1. The molecular weight excluding hydrogens is 403 g/mol. The summed E-state index contributed by atoms with van der Waals surface area (Å²) in [7, 11) is 0. The van der Waals surface area contributed by atoms with Crippen LogP contribution >= 0.6 is 0 Å². The summed E-state index contributed by atoms with van der Waals surface area (Å²) in [6.45, 7) is 0.800. The predicted octanol–water partition coefficient (Wildman–Crippen LogP) is 3.19. The molecule has 10 heteroatoms. The van der Waals surface area contributed by atoms with E-state index in [9.17, 15) is 23.4 Å². The number of halogens is 3. The minimum atomic E-state index is -4.84. The number of alkyl halides is 3. The molecule has 1 aromatic heterocycles. The van der Waals surface area contributed by atoms with Gasteiger partial charge >= 0.3 is 6.36 Å². The van der Waals surface area contributed by atoms with Gasteiger partial charge in [-0.2, -0.15) is 0 Å². The molecule has 0 saturated carbocycles. The number of ether oxygens (including phenoxy) is 2. The first kappa shape index (κ1) is 20.7. The molecule has 1 fully saturated rings. The average Bonchev–Trinajstić information content (AvgIpc) is 2.69. The number of fused-ring (bicyclic) bond motifs is 1. The van der Waals surface area contributed by atoms with Gasteiger partial charge in [0.1, 0.15) is 17.2 Å². The standard InChI is InChI=1S/C20H22F3N3O4/c21-20(22,23)30-11-5-6-14(16(27)9-11)18-12-3-1-2-4-13(12)19(26-25-18)24-15-7-8-29-10-17(15)28/h5-6,9,15,17,27-28H,1-4,7-8,10H2,(H,24,26)/t15-,17-/m1/s1. The largest absolute Gasteiger partial charge is 0.573 e. The number of nitrogens with zero attached hydrogens (tertiary/aromatic N) is 2. The lowest BCUT2D eigenvalue weighted by molar-refractivity contribution is -0.274. The highest BCUT2D eigenvalue weighted by atomic mass is 19.4. The Balaban J connectivity index is 1.66. The molecule has 1 aliphatic carbocycles. The first-order chi connectivity index (χ1) is 14.3. The molecule has 0 amide bonds. The Labute approximate surface area is 170 Å². The van der Waals surface area contributed by atoms with Crippen molar-refractivity contribution in [3.8, 4) is 22.8 Å². The van der Waals surface area contributed by atoms with Crippen LogP contribution in [0.5, 0.6) is 11.5 Å². The summed E-state index contributed by atoms with van der Waals surface area (Å²) in [6, 6.07) is 3.22. The predicted molar refractivity (Wildman–Crippen MR) is 101 cm³/mol. The summed E-state index contributed by atoms with van der Waals surface area (Å²) in [5.74, 6) is -0.271. The zero-order chi connectivity index (χ0) is 21.3. The number of phenolic OH excluding ortho intramolecular Hbond substituents is 1. The van der Waals surface area contributed by atoms with E-state index in [0.29, 0.717) is 36.5 Å². The highest BCUT2D eigenvalue weighted by molar-refractivity contribution is 5.73. The fraction of sp³-hybridized carbons (Fsp3) is 0.500. The number of aromatic hydroxyl groups is 1. The molecule has 0 bridgehead atoms. The van der Waals surface area contributed by atoms with Crippen molar-refractivity contribution in [1.29, 1.82) is 0 Å². The number of phenols is 1. The van der Waals surface area contributed by atoms with Crippen molar-refractivity contribution in [1.82, 2.24) is 10.2 Å². The van der Waals surface area contributed by atoms with Gasteiger partial charge < -0.3 is 25.0 Å². The normalized spacial score (nSPS) is 21.7. The van der Waals surface area contributed by atoms with Gasteiger partial charge in [0.15, 0.2) is 5.82 Å². The lowest BCUT2D eigenvalue weighted by atomic mass is 9.88. The number of aromatic nitrogens is 2. The van der Waals surface area contributed by atoms with Gasteiger partial charge in [-0.05, 0) is 49.8 Å². The minimum Gasteiger partial charge on any atom is -0.507 e. The van der Waals surface area contributed by atoms with Crippen LogP contribution in [0.4, 0.5) is 19.0 Å². The Morgan fingerprint density at radius 1 is 1.13 bits per heavy atom. The second-order valence-corrected chi connectivity index (χ2v) is 7.47. The molecule has 7 nitrogen and oxygen atoms in total. The van der Waals surface area contributed by atoms with Gasteiger partial charge in [-0.25, -0.2) is 0 Å². The summed E-state index contributed by atoms with van der Waals surface area (Å²) in [5, 5.41) is 32.3. The van der Waals surface area contributed by atoms with Crippen LogP contribution in [0.15, 0.2) is 18.2 Å². The molecule has 3 N–H and O–H groups in total. The molecule has 4 rings (SSSR count). The van der Waals surface area contributed by atoms with Crippen molar-refractivity contribution in [2.24, 2.45) is 0 Å². The van der Waals surface area contributed by atoms with Crippen LogP contribution in [-0.2, 0) is 17.6 Å². The van der Waals surface area contributed by atoms with E-state index < -0.39 is 18.2 Å². The third kappa shape index (κ3) is 4.44. The van der Waals surface area contributed by atoms with E-state index in [0.717, 1.165) is 42.5 Å². The quantitative estimate of drug-likeness (QED) is 0.692. The summed E-state index contributed by atoms with van der Waals surface area (Å²) in [6.07, 6.45) is -1.48. The Bertz CT molecular complexity index is 923. The summed E-state index contributed by atoms with van der Waals surface area (Å²) >= 11 is 0. The molecular formula is C20H22F3N3O4. The molecule has 30 heavy (non-hydrogen) atoms. The number of hydrogen-bond acceptors (Lipinski definition) is 7. The van der Waals surface area contributed by atoms with Gasteiger partial charge in [-0.3, -0.25) is 0 Å². The monoisotopic (exact) mass is 425 g/mol. The van der Waals surface area contributed by atoms with E-state index in [4.69, 9.17) is 4.74 Å². The lowest BCUT2D eigenvalue weighted by Crippen LogP contribution is -2.42. The van der Waals surface area contributed by atoms with Crippen molar-refractivity contribution in [3.63, 3.8) is 0 Å². The molecule has 1 aromatic carbocycles. The third-order valence-electron chi connectivity index (χ3n) is 5.40. The maximum Gasteiger partial charge on any atom is 0.573 e. The van der Waals surface area contributed by atoms with Gasteiger partial charge in [0.2, 0.25) is 0 Å². The zero-order valence-corrected chi connectivity index (χ0v) is 16.1. The maximum atomic E-state index is 12.4. The fourth-order valence-electron chi connectivity index (χ4n) is 3.96. The van der Waals surface area contributed by atoms with Crippen LogP contribution in [-0.4, -0.2) is 52.1 Å². The topological polar surface area (TPSA) is 96.7 Å². The molecule has 2 aromatic rings. The van der Waals surface area contributed by atoms with Crippen LogP contribution in [0.25, 0.3) is 11.3 Å². The maximum absolute atomic E-state index is 12.4. The van der Waals surface area contributed by atoms with Crippen LogP contribution < -0.4 is 10.1 Å². The molecule has 0 radical (unpaired) electrons. The first-order valence-electron chi connectivity index (χ1n) is 9.82. The van der Waals surface area contributed by atoms with Gasteiger partial charge in [0.25, 0.3) is 0 Å². The van der Waals surface area contributed by atoms with Gasteiger partial charge in [0.05, 0.1) is 18.8 Å². The summed E-state index contributed by atoms with van der Waals surface area (Å²) in [4.78, 5) is 0. The van der Waals surface area contributed by atoms with E-state index in [2.05, 4.69) is 20.3 Å². The van der Waals surface area contributed by atoms with E-state index in [1.807, 2.05) is 0 Å². The molecule has 0 spiro atoms. The Kier molecular flexibility index (Phi) is 5.70. The van der Waals surface area contributed by atoms with E-state index in [1.165, 1.54) is 6.07 Å². The van der Waals surface area contributed by atoms with Crippen LogP contribution in [0.2, 0.25) is 0 Å². The second-order valence-electron chi connectivity index (χ2n) is 7.47. The molecule has 2 atom stereocenters. The Morgan fingerprint density at radius 3 is 2.60 bits per heavy atom.